The largest absolute Gasteiger partial charge is 0.416 e. The third-order valence-electron chi connectivity index (χ3n) is 5.78. The van der Waals surface area contributed by atoms with Gasteiger partial charge in [-0.2, -0.15) is 26.3 Å². The fourth-order valence-electron chi connectivity index (χ4n) is 3.51. The fourth-order valence-corrected chi connectivity index (χ4v) is 5.96. The van der Waals surface area contributed by atoms with Crippen LogP contribution in [-0.4, -0.2) is 37.3 Å². The summed E-state index contributed by atoms with van der Waals surface area (Å²) in [6, 6.07) is 3.63. The molecule has 0 radical (unpaired) electrons. The summed E-state index contributed by atoms with van der Waals surface area (Å²) in [5, 5.41) is -2.13. The van der Waals surface area contributed by atoms with Crippen LogP contribution in [0.5, 0.6) is 0 Å². The molecule has 0 unspecified atom stereocenters. The SMILES string of the molecule is CC(C)S(=O)(=O)c1ccc(C(F)(F)F)cc1-c1ncc(N)c(-c2cc(C(F)(F)F)ccc2S(=O)(=O)C(C)C)n1. The van der Waals surface area contributed by atoms with Gasteiger partial charge in [0.1, 0.15) is 0 Å². The lowest BCUT2D eigenvalue weighted by atomic mass is 10.1. The minimum absolute atomic E-state index is 0.390. The smallest absolute Gasteiger partial charge is 0.396 e. The summed E-state index contributed by atoms with van der Waals surface area (Å²) in [6.07, 6.45) is -8.92. The molecule has 15 heteroatoms. The highest BCUT2D eigenvalue weighted by atomic mass is 32.2. The molecular weight excluding hydrogens is 572 g/mol. The third-order valence-corrected chi connectivity index (χ3v) is 10.2. The van der Waals surface area contributed by atoms with Crippen molar-refractivity contribution in [2.45, 2.75) is 60.3 Å². The Balaban J connectivity index is 2.44. The average molecular weight is 596 g/mol. The van der Waals surface area contributed by atoms with E-state index >= 15 is 0 Å². The molecule has 0 amide bonds. The summed E-state index contributed by atoms with van der Waals surface area (Å²) in [4.78, 5) is 6.77. The molecule has 39 heavy (non-hydrogen) atoms. The normalized spacial score (nSPS) is 13.3. The van der Waals surface area contributed by atoms with Gasteiger partial charge >= 0.3 is 12.4 Å². The lowest BCUT2D eigenvalue weighted by Crippen LogP contribution is -2.17. The molecule has 0 aliphatic heterocycles. The zero-order valence-electron chi connectivity index (χ0n) is 20.9. The second-order valence-electron chi connectivity index (χ2n) is 9.10. The Morgan fingerprint density at radius 3 is 1.54 bits per heavy atom. The van der Waals surface area contributed by atoms with E-state index < -0.39 is 91.8 Å². The van der Waals surface area contributed by atoms with Crippen molar-refractivity contribution in [1.82, 2.24) is 9.97 Å². The van der Waals surface area contributed by atoms with Crippen molar-refractivity contribution >= 4 is 25.4 Å². The van der Waals surface area contributed by atoms with Crippen LogP contribution in [0.15, 0.2) is 52.4 Å². The van der Waals surface area contributed by atoms with Crippen molar-refractivity contribution in [2.75, 3.05) is 5.73 Å². The molecule has 1 aromatic heterocycles. The first kappa shape index (κ1) is 30.3. The van der Waals surface area contributed by atoms with Crippen LogP contribution >= 0.6 is 0 Å². The van der Waals surface area contributed by atoms with Gasteiger partial charge in [0.15, 0.2) is 25.5 Å². The van der Waals surface area contributed by atoms with Gasteiger partial charge in [-0.15, -0.1) is 0 Å². The number of benzene rings is 2. The van der Waals surface area contributed by atoms with Gasteiger partial charge in [0.05, 0.1) is 49.0 Å². The number of anilines is 1. The van der Waals surface area contributed by atoms with Crippen LogP contribution in [0.3, 0.4) is 0 Å². The van der Waals surface area contributed by atoms with Gasteiger partial charge in [0, 0.05) is 11.1 Å². The predicted molar refractivity (Wildman–Crippen MR) is 132 cm³/mol. The van der Waals surface area contributed by atoms with Gasteiger partial charge in [-0.05, 0) is 64.1 Å². The topological polar surface area (TPSA) is 120 Å². The lowest BCUT2D eigenvalue weighted by Gasteiger charge is -2.18. The molecule has 0 saturated heterocycles. The maximum atomic E-state index is 13.5. The summed E-state index contributed by atoms with van der Waals surface area (Å²) in [7, 11) is -8.41. The van der Waals surface area contributed by atoms with Crippen LogP contribution in [0.1, 0.15) is 38.8 Å². The first-order chi connectivity index (χ1) is 17.7. The van der Waals surface area contributed by atoms with Gasteiger partial charge < -0.3 is 5.73 Å². The molecule has 7 nitrogen and oxygen atoms in total. The Bertz CT molecular complexity index is 1630. The Morgan fingerprint density at radius 1 is 0.718 bits per heavy atom. The Hall–Kier alpha value is -3.20. The van der Waals surface area contributed by atoms with E-state index in [-0.39, 0.29) is 0 Å². The average Bonchev–Trinajstić information content (AvgIpc) is 2.82. The number of nitrogen functional groups attached to an aromatic ring is 1. The van der Waals surface area contributed by atoms with Gasteiger partial charge in [-0.25, -0.2) is 26.8 Å². The molecule has 3 aromatic rings. The van der Waals surface area contributed by atoms with E-state index in [1.54, 1.807) is 0 Å². The van der Waals surface area contributed by atoms with E-state index in [1.807, 2.05) is 0 Å². The highest BCUT2D eigenvalue weighted by Crippen LogP contribution is 2.40. The van der Waals surface area contributed by atoms with Crippen LogP contribution < -0.4 is 5.73 Å². The zero-order valence-corrected chi connectivity index (χ0v) is 22.5. The van der Waals surface area contributed by atoms with E-state index in [0.29, 0.717) is 24.3 Å². The van der Waals surface area contributed by atoms with Crippen molar-refractivity contribution in [3.8, 4) is 22.6 Å². The number of sulfone groups is 2. The summed E-state index contributed by atoms with van der Waals surface area (Å²) in [6.45, 7) is 5.21. The Morgan fingerprint density at radius 2 is 1.13 bits per heavy atom. The van der Waals surface area contributed by atoms with Crippen LogP contribution in [0, 0.1) is 0 Å². The van der Waals surface area contributed by atoms with Gasteiger partial charge in [0.2, 0.25) is 0 Å². The van der Waals surface area contributed by atoms with Crippen LogP contribution in [0.4, 0.5) is 32.0 Å². The molecule has 0 aliphatic carbocycles. The number of aromatic nitrogens is 2. The summed E-state index contributed by atoms with van der Waals surface area (Å²) in [5.41, 5.74) is 1.38. The number of halogens is 6. The molecule has 2 N–H and O–H groups in total. The third kappa shape index (κ3) is 5.88. The van der Waals surface area contributed by atoms with Crippen molar-refractivity contribution < 1.29 is 43.2 Å². The van der Waals surface area contributed by atoms with Crippen LogP contribution in [-0.2, 0) is 32.0 Å². The highest BCUT2D eigenvalue weighted by Gasteiger charge is 2.36. The molecule has 1 heterocycles. The second kappa shape index (κ2) is 10.1. The van der Waals surface area contributed by atoms with Gasteiger partial charge in [-0.3, -0.25) is 0 Å². The summed E-state index contributed by atoms with van der Waals surface area (Å²) in [5.74, 6) is -0.616. The number of rotatable bonds is 6. The van der Waals surface area contributed by atoms with Gasteiger partial charge in [-0.1, -0.05) is 0 Å². The number of alkyl halides is 6. The summed E-state index contributed by atoms with van der Waals surface area (Å²) >= 11 is 0. The minimum atomic E-state index is -4.89. The van der Waals surface area contributed by atoms with Crippen molar-refractivity contribution in [2.24, 2.45) is 0 Å². The van der Waals surface area contributed by atoms with E-state index in [1.165, 1.54) is 27.7 Å². The van der Waals surface area contributed by atoms with E-state index in [0.717, 1.165) is 18.3 Å². The molecule has 0 saturated carbocycles. The van der Waals surface area contributed by atoms with E-state index in [2.05, 4.69) is 9.97 Å². The molecule has 2 aromatic carbocycles. The first-order valence-corrected chi connectivity index (χ1v) is 14.3. The molecule has 0 aliphatic rings. The van der Waals surface area contributed by atoms with Gasteiger partial charge in [0.25, 0.3) is 0 Å². The number of nitrogens with zero attached hydrogens (tertiary/aromatic N) is 2. The summed E-state index contributed by atoms with van der Waals surface area (Å²) < 4.78 is 133. The zero-order chi connectivity index (χ0) is 29.7. The lowest BCUT2D eigenvalue weighted by molar-refractivity contribution is -0.138. The number of hydrogen-bond donors (Lipinski definition) is 1. The standard InChI is InChI=1S/C24H23F6N3O4S2/c1-12(2)38(34,35)19-7-5-14(23(25,26)27)9-16(19)21-18(31)11-32-22(33-21)17-10-15(24(28,29)30)6-8-20(17)39(36,37)13(3)4/h5-13H,31H2,1-4H3. The number of hydrogen-bond acceptors (Lipinski definition) is 7. The molecular formula is C24H23F6N3O4S2. The molecule has 0 spiro atoms. The molecule has 0 fully saturated rings. The van der Waals surface area contributed by atoms with Crippen molar-refractivity contribution in [3.63, 3.8) is 0 Å². The molecule has 212 valence electrons. The Labute approximate surface area is 220 Å². The quantitative estimate of drug-likeness (QED) is 0.358. The second-order valence-corrected chi connectivity index (χ2v) is 14.0. The monoisotopic (exact) mass is 595 g/mol. The molecule has 3 rings (SSSR count). The highest BCUT2D eigenvalue weighted by molar-refractivity contribution is 7.92. The van der Waals surface area contributed by atoms with Crippen molar-refractivity contribution in [1.29, 1.82) is 0 Å². The Kier molecular flexibility index (Phi) is 7.84. The predicted octanol–water partition coefficient (Wildman–Crippen LogP) is 5.79. The van der Waals surface area contributed by atoms with Crippen LogP contribution in [0.2, 0.25) is 0 Å². The van der Waals surface area contributed by atoms with Crippen molar-refractivity contribution in [3.05, 3.63) is 53.7 Å². The van der Waals surface area contributed by atoms with E-state index in [4.69, 9.17) is 5.73 Å². The fraction of sp³-hybridized carbons (Fsp3) is 0.333. The first-order valence-electron chi connectivity index (χ1n) is 11.2. The minimum Gasteiger partial charge on any atom is -0.396 e. The number of nitrogens with two attached hydrogens (primary N) is 1. The molecule has 0 atom stereocenters. The van der Waals surface area contributed by atoms with E-state index in [9.17, 15) is 43.2 Å². The maximum absolute atomic E-state index is 13.5. The maximum Gasteiger partial charge on any atom is 0.416 e. The molecule has 0 bridgehead atoms. The van der Waals surface area contributed by atoms with Crippen LogP contribution in [0.25, 0.3) is 22.6 Å².